The van der Waals surface area contributed by atoms with Gasteiger partial charge in [0.25, 0.3) is 0 Å². The Labute approximate surface area is 247 Å². The topological polar surface area (TPSA) is 94.0 Å². The Kier molecular flexibility index (Phi) is 9.40. The Hall–Kier alpha value is -3.72. The number of hydrogen-bond donors (Lipinski definition) is 1. The van der Waals surface area contributed by atoms with Crippen molar-refractivity contribution in [1.82, 2.24) is 9.97 Å². The number of carboxylic acids is 1. The highest BCUT2D eigenvalue weighted by Crippen LogP contribution is 2.43. The van der Waals surface area contributed by atoms with Gasteiger partial charge in [-0.3, -0.25) is 4.98 Å². The summed E-state index contributed by atoms with van der Waals surface area (Å²) in [5.41, 5.74) is 3.32. The van der Waals surface area contributed by atoms with Crippen molar-refractivity contribution in [2.45, 2.75) is 72.5 Å². The van der Waals surface area contributed by atoms with Crippen LogP contribution in [-0.2, 0) is 16.0 Å². The van der Waals surface area contributed by atoms with Crippen LogP contribution in [0.1, 0.15) is 70.4 Å². The summed E-state index contributed by atoms with van der Waals surface area (Å²) in [7, 11) is 1.62. The molecule has 1 unspecified atom stereocenters. The summed E-state index contributed by atoms with van der Waals surface area (Å²) < 4.78 is 32.3. The molecule has 0 radical (unpaired) electrons. The highest BCUT2D eigenvalue weighted by Gasteiger charge is 2.36. The number of methoxy groups -OCH3 is 1. The van der Waals surface area contributed by atoms with Crippen molar-refractivity contribution < 1.29 is 28.5 Å². The van der Waals surface area contributed by atoms with Gasteiger partial charge in [-0.05, 0) is 69.7 Å². The van der Waals surface area contributed by atoms with Crippen molar-refractivity contribution >= 4 is 11.7 Å². The smallest absolute Gasteiger partial charge is 0.337 e. The first kappa shape index (κ1) is 31.2. The first-order valence-electron chi connectivity index (χ1n) is 14.3. The molecular weight excluding hydrogens is 537 g/mol. The molecule has 0 saturated carbocycles. The van der Waals surface area contributed by atoms with Gasteiger partial charge in [0.05, 0.1) is 25.0 Å². The maximum atomic E-state index is 15.4. The monoisotopic (exact) mass is 579 g/mol. The predicted octanol–water partition coefficient (Wildman–Crippen LogP) is 6.79. The summed E-state index contributed by atoms with van der Waals surface area (Å²) in [6, 6.07) is 9.00. The highest BCUT2D eigenvalue weighted by molar-refractivity contribution is 5.86. The molecule has 3 aromatic rings. The van der Waals surface area contributed by atoms with Gasteiger partial charge in [0.1, 0.15) is 5.75 Å². The van der Waals surface area contributed by atoms with Crippen molar-refractivity contribution in [2.24, 2.45) is 5.41 Å². The lowest BCUT2D eigenvalue weighted by molar-refractivity contribution is -0.160. The molecule has 1 fully saturated rings. The number of carbonyl (C=O) groups is 1. The van der Waals surface area contributed by atoms with E-state index >= 15 is 4.39 Å². The molecule has 0 bridgehead atoms. The minimum atomic E-state index is -1.25. The summed E-state index contributed by atoms with van der Waals surface area (Å²) in [5, 5.41) is 10.3. The van der Waals surface area contributed by atoms with Crippen molar-refractivity contribution in [3.8, 4) is 22.8 Å². The normalized spacial score (nSPS) is 15.8. The second-order valence-electron chi connectivity index (χ2n) is 12.6. The molecule has 1 aliphatic rings. The van der Waals surface area contributed by atoms with E-state index in [4.69, 9.17) is 14.2 Å². The first-order valence-corrected chi connectivity index (χ1v) is 14.3. The molecule has 2 aromatic heterocycles. The number of rotatable bonds is 10. The van der Waals surface area contributed by atoms with Gasteiger partial charge < -0.3 is 24.2 Å². The molecular formula is C33H42FN3O5. The fraction of sp³-hybridized carbons (Fsp3) is 0.485. The lowest BCUT2D eigenvalue weighted by Crippen LogP contribution is -2.39. The molecule has 3 heterocycles. The third kappa shape index (κ3) is 7.56. The Morgan fingerprint density at radius 3 is 2.36 bits per heavy atom. The fourth-order valence-electron chi connectivity index (χ4n) is 5.13. The van der Waals surface area contributed by atoms with Crippen molar-refractivity contribution in [3.05, 3.63) is 65.4 Å². The number of nitrogens with zero attached hydrogens (tertiary/aromatic N) is 3. The van der Waals surface area contributed by atoms with Crippen molar-refractivity contribution in [1.29, 1.82) is 0 Å². The molecule has 0 amide bonds. The van der Waals surface area contributed by atoms with Crippen LogP contribution < -0.4 is 14.4 Å². The van der Waals surface area contributed by atoms with Crippen LogP contribution in [0.15, 0.2) is 42.7 Å². The number of pyridine rings is 2. The molecule has 1 aliphatic heterocycles. The number of anilines is 1. The van der Waals surface area contributed by atoms with E-state index in [1.54, 1.807) is 26.4 Å². The molecule has 4 rings (SSSR count). The van der Waals surface area contributed by atoms with E-state index < -0.39 is 23.5 Å². The van der Waals surface area contributed by atoms with Gasteiger partial charge >= 0.3 is 5.97 Å². The number of ether oxygens (including phenoxy) is 3. The Bertz CT molecular complexity index is 1390. The van der Waals surface area contributed by atoms with E-state index in [1.807, 2.05) is 45.0 Å². The molecule has 0 spiro atoms. The van der Waals surface area contributed by atoms with Crippen LogP contribution in [0.3, 0.4) is 0 Å². The van der Waals surface area contributed by atoms with E-state index in [0.29, 0.717) is 34.5 Å². The van der Waals surface area contributed by atoms with E-state index in [2.05, 4.69) is 28.7 Å². The zero-order chi connectivity index (χ0) is 30.7. The van der Waals surface area contributed by atoms with Crippen LogP contribution in [0.2, 0.25) is 0 Å². The number of aryl methyl sites for hydroxylation is 1. The zero-order valence-electron chi connectivity index (χ0n) is 25.7. The van der Waals surface area contributed by atoms with Crippen LogP contribution in [0.25, 0.3) is 11.1 Å². The van der Waals surface area contributed by atoms with Crippen molar-refractivity contribution in [2.75, 3.05) is 31.7 Å². The quantitative estimate of drug-likeness (QED) is 0.281. The van der Waals surface area contributed by atoms with Crippen LogP contribution in [0.5, 0.6) is 11.6 Å². The molecule has 0 aliphatic carbocycles. The predicted molar refractivity (Wildman–Crippen MR) is 161 cm³/mol. The minimum Gasteiger partial charge on any atom is -0.497 e. The summed E-state index contributed by atoms with van der Waals surface area (Å²) in [5.74, 6) is -1.02. The van der Waals surface area contributed by atoms with Gasteiger partial charge in [-0.15, -0.1) is 0 Å². The number of aromatic nitrogens is 2. The molecule has 9 heteroatoms. The summed E-state index contributed by atoms with van der Waals surface area (Å²) in [6.07, 6.45) is 4.42. The second kappa shape index (κ2) is 12.7. The number of aliphatic carboxylic acids is 1. The minimum absolute atomic E-state index is 0.0895. The Morgan fingerprint density at radius 2 is 1.79 bits per heavy atom. The lowest BCUT2D eigenvalue weighted by Gasteiger charge is -2.40. The van der Waals surface area contributed by atoms with Gasteiger partial charge in [-0.25, -0.2) is 14.2 Å². The average Bonchev–Trinajstić information content (AvgIpc) is 2.92. The van der Waals surface area contributed by atoms with Crippen LogP contribution in [0, 0.1) is 18.2 Å². The largest absolute Gasteiger partial charge is 0.497 e. The molecule has 1 atom stereocenters. The standard InChI is InChI=1S/C33H42FN3O5/c1-21-27(29(31(38)39)42-32(2,3)4)28(37-15-13-33(5,6)14-16-37)25(20-35-21)23-18-26(34)30(36-19-23)41-17-12-22-8-10-24(40-7)11-9-22/h8-11,18-20,29H,12-17H2,1-7H3,(H,38,39). The molecule has 1 saturated heterocycles. The number of benzene rings is 1. The van der Waals surface area contributed by atoms with E-state index in [-0.39, 0.29) is 17.9 Å². The Morgan fingerprint density at radius 1 is 1.12 bits per heavy atom. The molecule has 42 heavy (non-hydrogen) atoms. The summed E-state index contributed by atoms with van der Waals surface area (Å²) >= 11 is 0. The van der Waals surface area contributed by atoms with Crippen molar-refractivity contribution in [3.63, 3.8) is 0 Å². The Balaban J connectivity index is 1.69. The zero-order valence-corrected chi connectivity index (χ0v) is 25.7. The van der Waals surface area contributed by atoms with E-state index in [0.717, 1.165) is 37.2 Å². The third-order valence-electron chi connectivity index (χ3n) is 7.59. The molecule has 1 aromatic carbocycles. The summed E-state index contributed by atoms with van der Waals surface area (Å²) in [4.78, 5) is 23.6. The van der Waals surface area contributed by atoms with Gasteiger partial charge in [0, 0.05) is 54.3 Å². The van der Waals surface area contributed by atoms with Crippen LogP contribution in [0.4, 0.5) is 10.1 Å². The van der Waals surface area contributed by atoms with Gasteiger partial charge in [-0.1, -0.05) is 26.0 Å². The molecule has 226 valence electrons. The van der Waals surface area contributed by atoms with Gasteiger partial charge in [0.15, 0.2) is 11.9 Å². The SMILES string of the molecule is COc1ccc(CCOc2ncc(-c3cnc(C)c(C(OC(C)(C)C)C(=O)O)c3N3CCC(C)(C)CC3)cc2F)cc1. The first-order chi connectivity index (χ1) is 19.8. The highest BCUT2D eigenvalue weighted by atomic mass is 19.1. The molecule has 1 N–H and O–H groups in total. The third-order valence-corrected chi connectivity index (χ3v) is 7.59. The number of carboxylic acid groups (broad SMARTS) is 1. The molecule has 8 nitrogen and oxygen atoms in total. The van der Waals surface area contributed by atoms with Crippen LogP contribution in [-0.4, -0.2) is 53.5 Å². The van der Waals surface area contributed by atoms with Gasteiger partial charge in [0.2, 0.25) is 5.88 Å². The lowest BCUT2D eigenvalue weighted by atomic mass is 9.82. The second-order valence-corrected chi connectivity index (χ2v) is 12.6. The van der Waals surface area contributed by atoms with E-state index in [1.165, 1.54) is 6.07 Å². The average molecular weight is 580 g/mol. The van der Waals surface area contributed by atoms with E-state index in [9.17, 15) is 9.90 Å². The maximum absolute atomic E-state index is 15.4. The fourth-order valence-corrected chi connectivity index (χ4v) is 5.13. The number of halogens is 1. The number of hydrogen-bond acceptors (Lipinski definition) is 7. The van der Waals surface area contributed by atoms with Crippen LogP contribution >= 0.6 is 0 Å². The van der Waals surface area contributed by atoms with Gasteiger partial charge in [-0.2, -0.15) is 0 Å². The number of piperidine rings is 1. The maximum Gasteiger partial charge on any atom is 0.337 e. The summed E-state index contributed by atoms with van der Waals surface area (Å²) in [6.45, 7) is 13.4.